The number of H-pyrrole nitrogens is 1. The van der Waals surface area contributed by atoms with Crippen LogP contribution in [0.1, 0.15) is 64.9 Å². The Balaban J connectivity index is 1.41. The second-order valence-electron chi connectivity index (χ2n) is 7.75. The van der Waals surface area contributed by atoms with Crippen LogP contribution in [0.4, 0.5) is 0 Å². The number of carbonyl (C=O) groups excluding carboxylic acids is 1. The molecular weight excluding hydrogens is 406 g/mol. The molecule has 6 rings (SSSR count). The van der Waals surface area contributed by atoms with Crippen molar-refractivity contribution in [2.24, 2.45) is 0 Å². The molecule has 4 aromatic heterocycles. The number of fused-ring (bicyclic) bond motifs is 2. The number of amides is 1. The highest BCUT2D eigenvalue weighted by Crippen LogP contribution is 2.37. The van der Waals surface area contributed by atoms with E-state index in [1.165, 1.54) is 0 Å². The first kappa shape index (κ1) is 17.6. The van der Waals surface area contributed by atoms with Gasteiger partial charge in [-0.1, -0.05) is 18.0 Å². The highest BCUT2D eigenvalue weighted by molar-refractivity contribution is 6.33. The summed E-state index contributed by atoms with van der Waals surface area (Å²) >= 11 is 6.34. The van der Waals surface area contributed by atoms with Gasteiger partial charge >= 0.3 is 11.8 Å². The van der Waals surface area contributed by atoms with E-state index in [1.54, 1.807) is 15.7 Å². The van der Waals surface area contributed by atoms with Crippen LogP contribution in [0.15, 0.2) is 35.1 Å². The molecule has 0 bridgehead atoms. The smallest absolute Gasteiger partial charge is 0.312 e. The highest BCUT2D eigenvalue weighted by atomic mass is 35.5. The summed E-state index contributed by atoms with van der Waals surface area (Å²) in [7, 11) is 0. The fraction of sp³-hybridized carbons (Fsp3) is 0.350. The van der Waals surface area contributed by atoms with E-state index in [4.69, 9.17) is 16.0 Å². The summed E-state index contributed by atoms with van der Waals surface area (Å²) in [5.74, 6) is 0.533. The molecule has 4 aromatic rings. The molecule has 1 aliphatic heterocycles. The molecule has 1 aliphatic carbocycles. The Morgan fingerprint density at radius 1 is 1.30 bits per heavy atom. The third-order valence-corrected chi connectivity index (χ3v) is 6.33. The van der Waals surface area contributed by atoms with Crippen LogP contribution in [0, 0.1) is 0 Å². The van der Waals surface area contributed by atoms with Gasteiger partial charge in [-0.25, -0.2) is 9.50 Å². The number of hydrogen-bond donors (Lipinski definition) is 1. The van der Waals surface area contributed by atoms with Gasteiger partial charge in [-0.2, -0.15) is 5.10 Å². The SMILES string of the molecule is O=C(c1nnc(C2CCC2)o1)N1CCc2[nH]cnc2[C@@H]1c1cc2c(Cl)cccn2n1. The number of imidazole rings is 1. The van der Waals surface area contributed by atoms with Crippen LogP contribution in [0.2, 0.25) is 5.02 Å². The van der Waals surface area contributed by atoms with Gasteiger partial charge in [-0.05, 0) is 31.0 Å². The summed E-state index contributed by atoms with van der Waals surface area (Å²) in [5.41, 5.74) is 3.22. The lowest BCUT2D eigenvalue weighted by Crippen LogP contribution is -2.41. The minimum atomic E-state index is -0.470. The van der Waals surface area contributed by atoms with Gasteiger partial charge in [-0.15, -0.1) is 10.2 Å². The van der Waals surface area contributed by atoms with Crippen molar-refractivity contribution in [2.75, 3.05) is 6.54 Å². The summed E-state index contributed by atoms with van der Waals surface area (Å²) in [6.07, 6.45) is 7.35. The van der Waals surface area contributed by atoms with Gasteiger partial charge in [0.05, 0.1) is 28.3 Å². The minimum absolute atomic E-state index is 0.0164. The van der Waals surface area contributed by atoms with E-state index in [2.05, 4.69) is 25.3 Å². The molecule has 5 heterocycles. The number of aromatic amines is 1. The second-order valence-corrected chi connectivity index (χ2v) is 8.15. The lowest BCUT2D eigenvalue weighted by Gasteiger charge is -2.32. The maximum Gasteiger partial charge on any atom is 0.312 e. The molecule has 1 fully saturated rings. The third kappa shape index (κ3) is 2.65. The maximum atomic E-state index is 13.4. The van der Waals surface area contributed by atoms with E-state index in [1.807, 2.05) is 24.4 Å². The molecule has 0 radical (unpaired) electrons. The van der Waals surface area contributed by atoms with Gasteiger partial charge in [0.2, 0.25) is 5.89 Å². The molecule has 0 unspecified atom stereocenters. The normalized spacial score (nSPS) is 19.1. The molecule has 30 heavy (non-hydrogen) atoms. The Morgan fingerprint density at radius 2 is 2.20 bits per heavy atom. The van der Waals surface area contributed by atoms with Crippen molar-refractivity contribution in [1.29, 1.82) is 0 Å². The minimum Gasteiger partial charge on any atom is -0.417 e. The fourth-order valence-corrected chi connectivity index (χ4v) is 4.41. The van der Waals surface area contributed by atoms with Gasteiger partial charge in [-0.3, -0.25) is 4.79 Å². The van der Waals surface area contributed by atoms with Crippen molar-refractivity contribution in [3.05, 3.63) is 64.6 Å². The van der Waals surface area contributed by atoms with Crippen molar-refractivity contribution >= 4 is 23.0 Å². The number of rotatable bonds is 3. The quantitative estimate of drug-likeness (QED) is 0.542. The number of nitrogens with one attached hydrogen (secondary N) is 1. The molecule has 152 valence electrons. The Bertz CT molecular complexity index is 1260. The van der Waals surface area contributed by atoms with E-state index >= 15 is 0 Å². The van der Waals surface area contributed by atoms with Gasteiger partial charge in [0.1, 0.15) is 6.04 Å². The van der Waals surface area contributed by atoms with Crippen LogP contribution in [0.5, 0.6) is 0 Å². The Kier molecular flexibility index (Phi) is 3.92. The number of halogens is 1. The molecule has 0 spiro atoms. The Labute approximate surface area is 176 Å². The lowest BCUT2D eigenvalue weighted by molar-refractivity contribution is 0.0642. The standard InChI is InChI=1S/C20H18ClN7O2/c21-12-5-2-7-28-15(12)9-14(26-28)17-16-13(22-10-23-16)6-8-27(17)20(29)19-25-24-18(30-19)11-3-1-4-11/h2,5,7,9-11,17H,1,3-4,6,8H2,(H,22,23)/t17-/m0/s1. The summed E-state index contributed by atoms with van der Waals surface area (Å²) in [6.45, 7) is 0.488. The Morgan fingerprint density at radius 3 is 3.00 bits per heavy atom. The number of hydrogen-bond acceptors (Lipinski definition) is 6. The first-order valence-electron chi connectivity index (χ1n) is 9.99. The van der Waals surface area contributed by atoms with Gasteiger partial charge in [0.25, 0.3) is 0 Å². The van der Waals surface area contributed by atoms with E-state index in [0.29, 0.717) is 29.6 Å². The molecule has 1 atom stereocenters. The van der Waals surface area contributed by atoms with Crippen molar-refractivity contribution in [3.8, 4) is 0 Å². The van der Waals surface area contributed by atoms with Gasteiger partial charge in [0, 0.05) is 30.8 Å². The zero-order chi connectivity index (χ0) is 20.2. The zero-order valence-corrected chi connectivity index (χ0v) is 16.7. The Hall–Kier alpha value is -3.20. The fourth-order valence-electron chi connectivity index (χ4n) is 4.19. The number of aromatic nitrogens is 6. The first-order chi connectivity index (χ1) is 14.7. The summed E-state index contributed by atoms with van der Waals surface area (Å²) in [6, 6.07) is 5.07. The van der Waals surface area contributed by atoms with Gasteiger partial charge < -0.3 is 14.3 Å². The highest BCUT2D eigenvalue weighted by Gasteiger charge is 2.38. The molecular formula is C20H18ClN7O2. The second kappa shape index (κ2) is 6.66. The molecule has 2 aliphatic rings. The van der Waals surface area contributed by atoms with E-state index in [-0.39, 0.29) is 17.7 Å². The monoisotopic (exact) mass is 423 g/mol. The average Bonchev–Trinajstić information content (AvgIpc) is 3.44. The predicted molar refractivity (Wildman–Crippen MR) is 106 cm³/mol. The molecule has 0 saturated heterocycles. The first-order valence-corrected chi connectivity index (χ1v) is 10.4. The van der Waals surface area contributed by atoms with Crippen molar-refractivity contribution in [2.45, 2.75) is 37.6 Å². The molecule has 1 saturated carbocycles. The predicted octanol–water partition coefficient (Wildman–Crippen LogP) is 3.15. The van der Waals surface area contributed by atoms with E-state index in [0.717, 1.165) is 36.2 Å². The maximum absolute atomic E-state index is 13.4. The summed E-state index contributed by atoms with van der Waals surface area (Å²) in [5, 5.41) is 13.4. The topological polar surface area (TPSA) is 105 Å². The molecule has 1 N–H and O–H groups in total. The summed E-state index contributed by atoms with van der Waals surface area (Å²) in [4.78, 5) is 22.7. The van der Waals surface area contributed by atoms with Crippen molar-refractivity contribution in [3.63, 3.8) is 0 Å². The van der Waals surface area contributed by atoms with Crippen LogP contribution in [0.3, 0.4) is 0 Å². The number of pyridine rings is 1. The van der Waals surface area contributed by atoms with Crippen LogP contribution in [-0.4, -0.2) is 47.1 Å². The molecule has 1 amide bonds. The molecule has 9 nitrogen and oxygen atoms in total. The van der Waals surface area contributed by atoms with Crippen LogP contribution < -0.4 is 0 Å². The lowest BCUT2D eigenvalue weighted by atomic mass is 9.85. The number of nitrogens with zero attached hydrogens (tertiary/aromatic N) is 6. The van der Waals surface area contributed by atoms with Gasteiger partial charge in [0.15, 0.2) is 0 Å². The molecule has 0 aromatic carbocycles. The van der Waals surface area contributed by atoms with Crippen molar-refractivity contribution < 1.29 is 9.21 Å². The third-order valence-electron chi connectivity index (χ3n) is 6.01. The van der Waals surface area contributed by atoms with Crippen LogP contribution >= 0.6 is 11.6 Å². The zero-order valence-electron chi connectivity index (χ0n) is 16.0. The average molecular weight is 424 g/mol. The van der Waals surface area contributed by atoms with Crippen LogP contribution in [0.25, 0.3) is 5.52 Å². The van der Waals surface area contributed by atoms with E-state index < -0.39 is 6.04 Å². The molecule has 10 heteroatoms. The van der Waals surface area contributed by atoms with E-state index in [9.17, 15) is 4.79 Å². The largest absolute Gasteiger partial charge is 0.417 e. The van der Waals surface area contributed by atoms with Crippen LogP contribution in [-0.2, 0) is 6.42 Å². The van der Waals surface area contributed by atoms with Crippen molar-refractivity contribution in [1.82, 2.24) is 34.7 Å². The number of carbonyl (C=O) groups is 1. The summed E-state index contributed by atoms with van der Waals surface area (Å²) < 4.78 is 7.46.